The first kappa shape index (κ1) is 19.2. The van der Waals surface area contributed by atoms with E-state index in [-0.39, 0.29) is 17.7 Å². The molecule has 6 rings (SSSR count). The topological polar surface area (TPSA) is 80.6 Å². The van der Waals surface area contributed by atoms with Crippen LogP contribution >= 0.6 is 0 Å². The van der Waals surface area contributed by atoms with E-state index >= 15 is 0 Å². The molecule has 0 radical (unpaired) electrons. The fraction of sp³-hybridized carbons (Fsp3) is 0.304. The Balaban J connectivity index is 1.39. The number of anilines is 2. The van der Waals surface area contributed by atoms with E-state index in [1.807, 2.05) is 16.7 Å². The lowest BCUT2D eigenvalue weighted by Gasteiger charge is -2.17. The highest BCUT2D eigenvalue weighted by Gasteiger charge is 2.25. The predicted octanol–water partition coefficient (Wildman–Crippen LogP) is 4.06. The second-order valence-corrected chi connectivity index (χ2v) is 8.36. The molecule has 2 aliphatic heterocycles. The van der Waals surface area contributed by atoms with Crippen molar-refractivity contribution in [2.75, 3.05) is 11.9 Å². The van der Waals surface area contributed by atoms with Crippen LogP contribution in [0.4, 0.5) is 20.5 Å². The van der Waals surface area contributed by atoms with Crippen LogP contribution in [-0.4, -0.2) is 31.0 Å². The van der Waals surface area contributed by atoms with E-state index in [0.717, 1.165) is 55.6 Å². The van der Waals surface area contributed by atoms with Gasteiger partial charge in [0.25, 0.3) is 0 Å². The number of imidazole rings is 1. The summed E-state index contributed by atoms with van der Waals surface area (Å²) in [5.74, 6) is 0.558. The summed E-state index contributed by atoms with van der Waals surface area (Å²) in [5, 5.41) is 6.37. The van der Waals surface area contributed by atoms with Crippen LogP contribution in [0.25, 0.3) is 22.3 Å². The largest absolute Gasteiger partial charge is 0.325 e. The fourth-order valence-corrected chi connectivity index (χ4v) is 4.62. The van der Waals surface area contributed by atoms with Gasteiger partial charge in [-0.25, -0.2) is 28.7 Å². The minimum atomic E-state index is -0.618. The highest BCUT2D eigenvalue weighted by atomic mass is 19.1. The van der Waals surface area contributed by atoms with Gasteiger partial charge in [-0.3, -0.25) is 0 Å². The second-order valence-electron chi connectivity index (χ2n) is 8.36. The van der Waals surface area contributed by atoms with Crippen molar-refractivity contribution in [2.45, 2.75) is 38.8 Å². The van der Waals surface area contributed by atoms with Gasteiger partial charge in [-0.15, -0.1) is 0 Å². The number of aryl methyl sites for hydroxylation is 1. The maximum atomic E-state index is 14.9. The minimum absolute atomic E-state index is 0.0339. The lowest BCUT2D eigenvalue weighted by Crippen LogP contribution is -2.24. The molecule has 5 heterocycles. The van der Waals surface area contributed by atoms with E-state index in [1.165, 1.54) is 6.07 Å². The van der Waals surface area contributed by atoms with Gasteiger partial charge in [0.1, 0.15) is 22.9 Å². The minimum Gasteiger partial charge on any atom is -0.325 e. The number of rotatable bonds is 3. The third-order valence-corrected chi connectivity index (χ3v) is 6.23. The smallest absolute Gasteiger partial charge is 0.229 e. The molecule has 0 spiro atoms. The van der Waals surface area contributed by atoms with Gasteiger partial charge in [-0.2, -0.15) is 0 Å². The van der Waals surface area contributed by atoms with E-state index in [9.17, 15) is 8.78 Å². The molecule has 2 N–H and O–H groups in total. The third-order valence-electron chi connectivity index (χ3n) is 6.23. The summed E-state index contributed by atoms with van der Waals surface area (Å²) in [6.45, 7) is 3.76. The Labute approximate surface area is 182 Å². The molecule has 3 aromatic heterocycles. The number of hydrogen-bond acceptors (Lipinski definition) is 6. The van der Waals surface area contributed by atoms with E-state index in [2.05, 4.69) is 37.5 Å². The van der Waals surface area contributed by atoms with Gasteiger partial charge < -0.3 is 15.2 Å². The lowest BCUT2D eigenvalue weighted by atomic mass is 10.1. The Morgan fingerprint density at radius 3 is 2.91 bits per heavy atom. The van der Waals surface area contributed by atoms with Gasteiger partial charge in [-0.1, -0.05) is 6.07 Å². The number of fused-ring (bicyclic) bond motifs is 4. The third kappa shape index (κ3) is 3.12. The molecule has 0 aliphatic carbocycles. The van der Waals surface area contributed by atoms with Crippen molar-refractivity contribution in [1.82, 2.24) is 29.8 Å². The van der Waals surface area contributed by atoms with E-state index < -0.39 is 11.6 Å². The summed E-state index contributed by atoms with van der Waals surface area (Å²) < 4.78 is 31.6. The van der Waals surface area contributed by atoms with Crippen molar-refractivity contribution in [1.29, 1.82) is 0 Å². The fourth-order valence-electron chi connectivity index (χ4n) is 4.62. The zero-order chi connectivity index (χ0) is 21.8. The number of benzene rings is 1. The standard InChI is InChI=1S/C23H21F2N7/c1-12-2-5-20-30-22-15(24)8-14(9-18(22)32(12)20)21-16(25)11-27-23(31-21)29-19-4-3-13-10-26-7-6-17(13)28-19/h3-4,8-9,11-12,26H,2,5-7,10H2,1H3,(H,27,28,29,31). The number of pyridine rings is 1. The van der Waals surface area contributed by atoms with Gasteiger partial charge in [0, 0.05) is 43.2 Å². The molecular weight excluding hydrogens is 412 g/mol. The molecule has 0 saturated heterocycles. The highest BCUT2D eigenvalue weighted by Crippen LogP contribution is 2.34. The van der Waals surface area contributed by atoms with E-state index in [0.29, 0.717) is 22.4 Å². The van der Waals surface area contributed by atoms with Crippen LogP contribution in [0.1, 0.15) is 36.5 Å². The molecule has 0 saturated carbocycles. The molecule has 1 aromatic carbocycles. The van der Waals surface area contributed by atoms with Crippen molar-refractivity contribution in [3.05, 3.63) is 59.2 Å². The van der Waals surface area contributed by atoms with Crippen molar-refractivity contribution in [3.8, 4) is 11.3 Å². The van der Waals surface area contributed by atoms with Gasteiger partial charge in [0.15, 0.2) is 11.6 Å². The summed E-state index contributed by atoms with van der Waals surface area (Å²) in [4.78, 5) is 17.5. The quantitative estimate of drug-likeness (QED) is 0.507. The van der Waals surface area contributed by atoms with Crippen molar-refractivity contribution >= 4 is 22.8 Å². The van der Waals surface area contributed by atoms with Crippen LogP contribution in [0.3, 0.4) is 0 Å². The molecule has 2 aliphatic rings. The average Bonchev–Trinajstić information content (AvgIpc) is 3.35. The van der Waals surface area contributed by atoms with Gasteiger partial charge >= 0.3 is 0 Å². The van der Waals surface area contributed by atoms with Crippen molar-refractivity contribution in [2.24, 2.45) is 0 Å². The Kier molecular flexibility index (Phi) is 4.39. The normalized spacial score (nSPS) is 17.4. The number of aromatic nitrogens is 5. The summed E-state index contributed by atoms with van der Waals surface area (Å²) in [6.07, 6.45) is 3.71. The zero-order valence-electron chi connectivity index (χ0n) is 17.5. The summed E-state index contributed by atoms with van der Waals surface area (Å²) in [5.41, 5.74) is 3.55. The second kappa shape index (κ2) is 7.30. The predicted molar refractivity (Wildman–Crippen MR) is 117 cm³/mol. The summed E-state index contributed by atoms with van der Waals surface area (Å²) >= 11 is 0. The highest BCUT2D eigenvalue weighted by molar-refractivity contribution is 5.83. The zero-order valence-corrected chi connectivity index (χ0v) is 17.5. The van der Waals surface area contributed by atoms with Gasteiger partial charge in [0.05, 0.1) is 11.7 Å². The molecule has 9 heteroatoms. The maximum absolute atomic E-state index is 14.9. The first-order valence-electron chi connectivity index (χ1n) is 10.8. The molecule has 1 atom stereocenters. The first-order valence-corrected chi connectivity index (χ1v) is 10.8. The van der Waals surface area contributed by atoms with Crippen molar-refractivity contribution in [3.63, 3.8) is 0 Å². The van der Waals surface area contributed by atoms with Crippen LogP contribution in [0.15, 0.2) is 30.5 Å². The number of halogens is 2. The van der Waals surface area contributed by atoms with Crippen LogP contribution in [0.2, 0.25) is 0 Å². The maximum Gasteiger partial charge on any atom is 0.229 e. The van der Waals surface area contributed by atoms with Gasteiger partial charge in [0.2, 0.25) is 5.95 Å². The summed E-state index contributed by atoms with van der Waals surface area (Å²) in [7, 11) is 0. The Bertz CT molecular complexity index is 1360. The van der Waals surface area contributed by atoms with E-state index in [1.54, 1.807) is 6.07 Å². The molecule has 0 amide bonds. The Morgan fingerprint density at radius 2 is 2.00 bits per heavy atom. The van der Waals surface area contributed by atoms with Crippen LogP contribution < -0.4 is 10.6 Å². The van der Waals surface area contributed by atoms with Crippen LogP contribution in [0, 0.1) is 11.6 Å². The van der Waals surface area contributed by atoms with Gasteiger partial charge in [-0.05, 0) is 37.1 Å². The monoisotopic (exact) mass is 433 g/mol. The lowest BCUT2D eigenvalue weighted by molar-refractivity contribution is 0.595. The molecule has 0 bridgehead atoms. The molecular formula is C23H21F2N7. The molecule has 32 heavy (non-hydrogen) atoms. The van der Waals surface area contributed by atoms with Crippen LogP contribution in [-0.2, 0) is 19.4 Å². The molecule has 162 valence electrons. The van der Waals surface area contributed by atoms with Crippen LogP contribution in [0.5, 0.6) is 0 Å². The molecule has 1 unspecified atom stereocenters. The Hall–Kier alpha value is -3.46. The van der Waals surface area contributed by atoms with Crippen molar-refractivity contribution < 1.29 is 8.78 Å². The molecule has 4 aromatic rings. The number of nitrogens with zero attached hydrogens (tertiary/aromatic N) is 5. The SMILES string of the molecule is CC1CCc2nc3c(F)cc(-c4nc(Nc5ccc6c(n5)CCNC6)ncc4F)cc3n21. The first-order chi connectivity index (χ1) is 15.6. The molecule has 7 nitrogen and oxygen atoms in total. The Morgan fingerprint density at radius 1 is 1.09 bits per heavy atom. The average molecular weight is 433 g/mol. The number of hydrogen-bond donors (Lipinski definition) is 2. The molecule has 0 fully saturated rings. The number of nitrogens with one attached hydrogen (secondary N) is 2. The van der Waals surface area contributed by atoms with E-state index in [4.69, 9.17) is 0 Å². The summed E-state index contributed by atoms with van der Waals surface area (Å²) in [6, 6.07) is 7.13.